The Morgan fingerprint density at radius 1 is 1.10 bits per heavy atom. The lowest BCUT2D eigenvalue weighted by Crippen LogP contribution is -2.49. The number of amides is 2. The first-order valence-electron chi connectivity index (χ1n) is 9.58. The molecule has 0 radical (unpaired) electrons. The number of nitrogens with one attached hydrogen (secondary N) is 3. The Labute approximate surface area is 171 Å². The number of fused-ring (bicyclic) bond motifs is 3. The Hall–Kier alpha value is -3.69. The maximum Gasteiger partial charge on any atom is 0.333 e. The van der Waals surface area contributed by atoms with Gasteiger partial charge in [-0.15, -0.1) is 0 Å². The summed E-state index contributed by atoms with van der Waals surface area (Å²) in [4.78, 5) is 25.8. The second kappa shape index (κ2) is 7.29. The molecule has 2 aromatic carbocycles. The number of benzene rings is 2. The van der Waals surface area contributed by atoms with Crippen molar-refractivity contribution in [2.45, 2.75) is 0 Å². The van der Waals surface area contributed by atoms with E-state index < -0.39 is 6.03 Å². The topological polar surface area (TPSA) is 120 Å². The molecule has 1 fully saturated rings. The molecule has 1 saturated heterocycles. The Bertz CT molecular complexity index is 1130. The standard InChI is InChI=1S/C21H19N5O4/c27-13-6-4-12(5-7-13)18-17-19(24-23-18)14-2-1-3-15(16(14)20(17)28)22-21(29)25-26-8-10-30-11-9-26/h1-7,27H,8-11H2,(H,23,24)(H2,22,25,29). The summed E-state index contributed by atoms with van der Waals surface area (Å²) in [6, 6.07) is 11.4. The Kier molecular flexibility index (Phi) is 4.46. The molecule has 2 aliphatic rings. The van der Waals surface area contributed by atoms with Crippen molar-refractivity contribution in [3.8, 4) is 28.3 Å². The molecule has 3 aromatic rings. The summed E-state index contributed by atoms with van der Waals surface area (Å²) in [5.41, 5.74) is 6.63. The van der Waals surface area contributed by atoms with Crippen LogP contribution in [0.15, 0.2) is 42.5 Å². The van der Waals surface area contributed by atoms with E-state index >= 15 is 0 Å². The molecule has 0 spiro atoms. The minimum absolute atomic E-state index is 0.137. The maximum absolute atomic E-state index is 13.3. The lowest BCUT2D eigenvalue weighted by atomic mass is 10.0. The van der Waals surface area contributed by atoms with Crippen LogP contribution in [0.1, 0.15) is 15.9 Å². The van der Waals surface area contributed by atoms with E-state index in [4.69, 9.17) is 4.74 Å². The number of anilines is 1. The second-order valence-electron chi connectivity index (χ2n) is 7.09. The van der Waals surface area contributed by atoms with Crippen molar-refractivity contribution in [3.05, 3.63) is 53.6 Å². The van der Waals surface area contributed by atoms with E-state index in [0.717, 1.165) is 0 Å². The van der Waals surface area contributed by atoms with E-state index in [1.54, 1.807) is 41.4 Å². The van der Waals surface area contributed by atoms with Gasteiger partial charge in [-0.1, -0.05) is 12.1 Å². The quantitative estimate of drug-likeness (QED) is 0.415. The minimum Gasteiger partial charge on any atom is -0.508 e. The number of aromatic hydroxyl groups is 1. The normalized spacial score (nSPS) is 15.5. The molecule has 0 saturated carbocycles. The molecule has 2 heterocycles. The predicted octanol–water partition coefficient (Wildman–Crippen LogP) is 2.36. The van der Waals surface area contributed by atoms with Crippen LogP contribution in [0.2, 0.25) is 0 Å². The lowest BCUT2D eigenvalue weighted by Gasteiger charge is -2.27. The van der Waals surface area contributed by atoms with Gasteiger partial charge in [0.1, 0.15) is 11.4 Å². The highest BCUT2D eigenvalue weighted by atomic mass is 16.5. The predicted molar refractivity (Wildman–Crippen MR) is 109 cm³/mol. The number of aromatic amines is 1. The molecule has 0 unspecified atom stereocenters. The van der Waals surface area contributed by atoms with Gasteiger partial charge in [-0.3, -0.25) is 15.3 Å². The highest BCUT2D eigenvalue weighted by Gasteiger charge is 2.35. The van der Waals surface area contributed by atoms with Gasteiger partial charge in [0.15, 0.2) is 5.78 Å². The first-order chi connectivity index (χ1) is 14.6. The molecule has 152 valence electrons. The third-order valence-electron chi connectivity index (χ3n) is 5.21. The van der Waals surface area contributed by atoms with Crippen molar-refractivity contribution < 1.29 is 19.4 Å². The van der Waals surface area contributed by atoms with E-state index in [0.29, 0.717) is 65.6 Å². The van der Waals surface area contributed by atoms with Crippen LogP contribution in [0, 0.1) is 0 Å². The third-order valence-corrected chi connectivity index (χ3v) is 5.21. The molecule has 30 heavy (non-hydrogen) atoms. The first kappa shape index (κ1) is 18.3. The van der Waals surface area contributed by atoms with Gasteiger partial charge in [0.05, 0.1) is 35.7 Å². The van der Waals surface area contributed by atoms with Crippen molar-refractivity contribution in [3.63, 3.8) is 0 Å². The molecular formula is C21H19N5O4. The van der Waals surface area contributed by atoms with E-state index in [1.807, 2.05) is 6.07 Å². The molecule has 9 heteroatoms. The van der Waals surface area contributed by atoms with Crippen molar-refractivity contribution >= 4 is 17.5 Å². The maximum atomic E-state index is 13.3. The fourth-order valence-corrected chi connectivity index (χ4v) is 3.79. The molecular weight excluding hydrogens is 386 g/mol. The van der Waals surface area contributed by atoms with Crippen molar-refractivity contribution in [2.75, 3.05) is 31.6 Å². The number of morpholine rings is 1. The number of hydrazine groups is 1. The zero-order valence-electron chi connectivity index (χ0n) is 15.9. The molecule has 1 aliphatic heterocycles. The molecule has 4 N–H and O–H groups in total. The van der Waals surface area contributed by atoms with Crippen LogP contribution in [0.4, 0.5) is 10.5 Å². The van der Waals surface area contributed by atoms with Crippen LogP contribution < -0.4 is 10.7 Å². The van der Waals surface area contributed by atoms with E-state index in [9.17, 15) is 14.7 Å². The van der Waals surface area contributed by atoms with Crippen molar-refractivity contribution in [1.29, 1.82) is 0 Å². The number of ketones is 1. The number of phenolic OH excluding ortho intramolecular Hbond substituents is 1. The lowest BCUT2D eigenvalue weighted by molar-refractivity contribution is 0.0207. The summed E-state index contributed by atoms with van der Waals surface area (Å²) in [5.74, 6) is -0.0718. The smallest absolute Gasteiger partial charge is 0.333 e. The number of hydrogen-bond acceptors (Lipinski definition) is 6. The van der Waals surface area contributed by atoms with Crippen LogP contribution in [0.5, 0.6) is 5.75 Å². The summed E-state index contributed by atoms with van der Waals surface area (Å²) in [6.07, 6.45) is 0. The van der Waals surface area contributed by atoms with E-state index in [1.165, 1.54) is 0 Å². The van der Waals surface area contributed by atoms with Gasteiger partial charge in [-0.2, -0.15) is 5.10 Å². The minimum atomic E-state index is -0.412. The molecule has 5 rings (SSSR count). The second-order valence-corrected chi connectivity index (χ2v) is 7.09. The van der Waals surface area contributed by atoms with Gasteiger partial charge in [-0.05, 0) is 30.3 Å². The third kappa shape index (κ3) is 3.10. The van der Waals surface area contributed by atoms with Gasteiger partial charge in [-0.25, -0.2) is 9.80 Å². The van der Waals surface area contributed by atoms with Crippen LogP contribution in [0.25, 0.3) is 22.5 Å². The van der Waals surface area contributed by atoms with Crippen LogP contribution in [-0.2, 0) is 4.74 Å². The molecule has 0 bridgehead atoms. The summed E-state index contributed by atoms with van der Waals surface area (Å²) in [5, 5.41) is 21.4. The summed E-state index contributed by atoms with van der Waals surface area (Å²) < 4.78 is 5.27. The van der Waals surface area contributed by atoms with Gasteiger partial charge >= 0.3 is 6.03 Å². The van der Waals surface area contributed by atoms with Crippen molar-refractivity contribution in [1.82, 2.24) is 20.6 Å². The fraction of sp³-hybridized carbons (Fsp3) is 0.190. The monoisotopic (exact) mass is 405 g/mol. The summed E-state index contributed by atoms with van der Waals surface area (Å²) >= 11 is 0. The number of carbonyl (C=O) groups is 2. The van der Waals surface area contributed by atoms with Crippen molar-refractivity contribution in [2.24, 2.45) is 0 Å². The number of phenols is 1. The van der Waals surface area contributed by atoms with Crippen LogP contribution >= 0.6 is 0 Å². The Morgan fingerprint density at radius 2 is 1.87 bits per heavy atom. The SMILES string of the molecule is O=C(Nc1cccc2c1C(=O)c1c(-c3ccc(O)cc3)n[nH]c1-2)NN1CCOCC1. The number of nitrogens with zero attached hydrogens (tertiary/aromatic N) is 2. The van der Waals surface area contributed by atoms with Gasteiger partial charge in [0.25, 0.3) is 0 Å². The number of H-pyrrole nitrogens is 1. The number of aromatic nitrogens is 2. The average molecular weight is 405 g/mol. The zero-order chi connectivity index (χ0) is 20.7. The van der Waals surface area contributed by atoms with E-state index in [2.05, 4.69) is 20.9 Å². The van der Waals surface area contributed by atoms with Gasteiger partial charge < -0.3 is 15.2 Å². The average Bonchev–Trinajstić information content (AvgIpc) is 3.30. The van der Waals surface area contributed by atoms with Gasteiger partial charge in [0, 0.05) is 24.2 Å². The fourth-order valence-electron chi connectivity index (χ4n) is 3.79. The van der Waals surface area contributed by atoms with Gasteiger partial charge in [0.2, 0.25) is 0 Å². The Balaban J connectivity index is 1.44. The highest BCUT2D eigenvalue weighted by Crippen LogP contribution is 2.42. The Morgan fingerprint density at radius 3 is 2.63 bits per heavy atom. The molecule has 1 aromatic heterocycles. The number of rotatable bonds is 3. The summed E-state index contributed by atoms with van der Waals surface area (Å²) in [7, 11) is 0. The number of hydrogen-bond donors (Lipinski definition) is 4. The van der Waals surface area contributed by atoms with E-state index in [-0.39, 0.29) is 11.5 Å². The largest absolute Gasteiger partial charge is 0.508 e. The number of ether oxygens (including phenoxy) is 1. The molecule has 0 atom stereocenters. The molecule has 1 aliphatic carbocycles. The molecule has 9 nitrogen and oxygen atoms in total. The molecule has 2 amide bonds. The zero-order valence-corrected chi connectivity index (χ0v) is 15.9. The summed E-state index contributed by atoms with van der Waals surface area (Å²) in [6.45, 7) is 2.32. The first-order valence-corrected chi connectivity index (χ1v) is 9.58. The number of urea groups is 1. The number of carbonyl (C=O) groups excluding carboxylic acids is 2. The van der Waals surface area contributed by atoms with Crippen LogP contribution in [-0.4, -0.2) is 58.4 Å². The van der Waals surface area contributed by atoms with Crippen LogP contribution in [0.3, 0.4) is 0 Å². The highest BCUT2D eigenvalue weighted by molar-refractivity contribution is 6.26.